The van der Waals surface area contributed by atoms with Crippen LogP contribution in [0.4, 0.5) is 17.2 Å². The van der Waals surface area contributed by atoms with Gasteiger partial charge >= 0.3 is 0 Å². The Kier molecular flexibility index (Phi) is 3.46. The number of pyridine rings is 1. The topological polar surface area (TPSA) is 97.5 Å². The number of phenolic OH excluding ortho intramolecular Hbond substituents is 1. The van der Waals surface area contributed by atoms with E-state index in [9.17, 15) is 15.2 Å². The fourth-order valence-corrected chi connectivity index (χ4v) is 1.48. The molecule has 1 aromatic heterocycles. The number of benzene rings is 1. The molecule has 0 spiro atoms. The Morgan fingerprint density at radius 2 is 2.16 bits per heavy atom. The van der Waals surface area contributed by atoms with Crippen molar-refractivity contribution in [2.45, 2.75) is 0 Å². The van der Waals surface area contributed by atoms with E-state index in [1.165, 1.54) is 25.3 Å². The molecule has 0 unspecified atom stereocenters. The van der Waals surface area contributed by atoms with E-state index in [0.29, 0.717) is 17.3 Å². The second-order valence-electron chi connectivity index (χ2n) is 3.67. The lowest BCUT2D eigenvalue weighted by Crippen LogP contribution is -1.95. The van der Waals surface area contributed by atoms with Gasteiger partial charge in [0, 0.05) is 17.8 Å². The standard InChI is InChI=1S/C12H11N3O4/c1-19-11-4-2-8(6-10(11)16)14-12-5-3-9(7-13-12)15(17)18/h2-7,16H,1H3,(H,13,14). The number of aromatic hydroxyl groups is 1. The molecule has 0 aliphatic rings. The molecule has 7 nitrogen and oxygen atoms in total. The van der Waals surface area contributed by atoms with Gasteiger partial charge in [0.1, 0.15) is 12.0 Å². The van der Waals surface area contributed by atoms with Crippen LogP contribution in [0.15, 0.2) is 36.5 Å². The minimum absolute atomic E-state index is 0.00517. The van der Waals surface area contributed by atoms with Crippen molar-refractivity contribution in [1.29, 1.82) is 0 Å². The number of nitrogens with one attached hydrogen (secondary N) is 1. The van der Waals surface area contributed by atoms with Crippen molar-refractivity contribution >= 4 is 17.2 Å². The summed E-state index contributed by atoms with van der Waals surface area (Å²) in [6.07, 6.45) is 1.16. The molecular weight excluding hydrogens is 250 g/mol. The number of nitrogens with zero attached hydrogens (tertiary/aromatic N) is 2. The molecule has 2 rings (SSSR count). The highest BCUT2D eigenvalue weighted by molar-refractivity contribution is 5.61. The molecule has 1 heterocycles. The Hall–Kier alpha value is -2.83. The van der Waals surface area contributed by atoms with Gasteiger partial charge in [-0.15, -0.1) is 0 Å². The molecule has 0 aliphatic carbocycles. The summed E-state index contributed by atoms with van der Waals surface area (Å²) in [7, 11) is 1.46. The van der Waals surface area contributed by atoms with Crippen LogP contribution in [0.5, 0.6) is 11.5 Å². The van der Waals surface area contributed by atoms with Crippen molar-refractivity contribution in [1.82, 2.24) is 4.98 Å². The van der Waals surface area contributed by atoms with Crippen LogP contribution in [0.2, 0.25) is 0 Å². The van der Waals surface area contributed by atoms with Gasteiger partial charge in [0.25, 0.3) is 5.69 Å². The van der Waals surface area contributed by atoms with Gasteiger partial charge in [0.15, 0.2) is 11.5 Å². The minimum atomic E-state index is -0.518. The lowest BCUT2D eigenvalue weighted by Gasteiger charge is -2.08. The predicted molar refractivity (Wildman–Crippen MR) is 68.8 cm³/mol. The van der Waals surface area contributed by atoms with Crippen LogP contribution in [0.1, 0.15) is 0 Å². The summed E-state index contributed by atoms with van der Waals surface area (Å²) in [5, 5.41) is 23.0. The lowest BCUT2D eigenvalue weighted by molar-refractivity contribution is -0.385. The van der Waals surface area contributed by atoms with E-state index in [2.05, 4.69) is 10.3 Å². The molecule has 0 atom stereocenters. The maximum atomic E-state index is 10.5. The normalized spacial score (nSPS) is 9.95. The van der Waals surface area contributed by atoms with Crippen molar-refractivity contribution in [3.8, 4) is 11.5 Å². The first-order valence-corrected chi connectivity index (χ1v) is 5.34. The minimum Gasteiger partial charge on any atom is -0.504 e. The second-order valence-corrected chi connectivity index (χ2v) is 3.67. The molecule has 0 radical (unpaired) electrons. The zero-order valence-electron chi connectivity index (χ0n) is 10.0. The van der Waals surface area contributed by atoms with Crippen LogP contribution in [0, 0.1) is 10.1 Å². The smallest absolute Gasteiger partial charge is 0.287 e. The van der Waals surface area contributed by atoms with Crippen LogP contribution in [-0.4, -0.2) is 22.1 Å². The average molecular weight is 261 g/mol. The number of aromatic nitrogens is 1. The summed E-state index contributed by atoms with van der Waals surface area (Å²) in [5.74, 6) is 0.798. The van der Waals surface area contributed by atoms with Crippen LogP contribution in [-0.2, 0) is 0 Å². The highest BCUT2D eigenvalue weighted by atomic mass is 16.6. The highest BCUT2D eigenvalue weighted by Gasteiger charge is 2.06. The Morgan fingerprint density at radius 1 is 1.37 bits per heavy atom. The Labute approximate surface area is 108 Å². The maximum Gasteiger partial charge on any atom is 0.287 e. The zero-order valence-corrected chi connectivity index (χ0v) is 10.0. The van der Waals surface area contributed by atoms with Crippen LogP contribution in [0.3, 0.4) is 0 Å². The van der Waals surface area contributed by atoms with Crippen LogP contribution in [0.25, 0.3) is 0 Å². The van der Waals surface area contributed by atoms with Crippen LogP contribution >= 0.6 is 0 Å². The summed E-state index contributed by atoms with van der Waals surface area (Å²) in [5.41, 5.74) is 0.516. The SMILES string of the molecule is COc1ccc(Nc2ccc([N+](=O)[O-])cn2)cc1O. The fourth-order valence-electron chi connectivity index (χ4n) is 1.48. The average Bonchev–Trinajstić information content (AvgIpc) is 2.39. The Morgan fingerprint density at radius 3 is 2.68 bits per heavy atom. The third kappa shape index (κ3) is 2.89. The predicted octanol–water partition coefficient (Wildman–Crippen LogP) is 2.45. The summed E-state index contributed by atoms with van der Waals surface area (Å²) < 4.78 is 4.92. The first-order chi connectivity index (χ1) is 9.10. The summed E-state index contributed by atoms with van der Waals surface area (Å²) in [6.45, 7) is 0. The first kappa shape index (κ1) is 12.6. The molecule has 0 aliphatic heterocycles. The largest absolute Gasteiger partial charge is 0.504 e. The molecule has 0 bridgehead atoms. The zero-order chi connectivity index (χ0) is 13.8. The van der Waals surface area contributed by atoms with E-state index < -0.39 is 4.92 Å². The quantitative estimate of drug-likeness (QED) is 0.648. The summed E-state index contributed by atoms with van der Waals surface area (Å²) in [6, 6.07) is 7.60. The van der Waals surface area contributed by atoms with Gasteiger partial charge in [-0.25, -0.2) is 4.98 Å². The van der Waals surface area contributed by atoms with Gasteiger partial charge in [-0.2, -0.15) is 0 Å². The molecule has 1 aromatic carbocycles. The number of nitro groups is 1. The molecule has 19 heavy (non-hydrogen) atoms. The second kappa shape index (κ2) is 5.21. The van der Waals surface area contributed by atoms with E-state index in [4.69, 9.17) is 4.74 Å². The lowest BCUT2D eigenvalue weighted by atomic mass is 10.2. The molecule has 0 fully saturated rings. The van der Waals surface area contributed by atoms with Gasteiger partial charge in [-0.1, -0.05) is 0 Å². The Balaban J connectivity index is 2.16. The number of ether oxygens (including phenoxy) is 1. The van der Waals surface area contributed by atoms with Gasteiger partial charge in [0.05, 0.1) is 12.0 Å². The number of phenols is 1. The van der Waals surface area contributed by atoms with Gasteiger partial charge in [-0.3, -0.25) is 10.1 Å². The van der Waals surface area contributed by atoms with E-state index in [1.807, 2.05) is 0 Å². The molecule has 2 aromatic rings. The summed E-state index contributed by atoms with van der Waals surface area (Å²) in [4.78, 5) is 13.9. The van der Waals surface area contributed by atoms with E-state index >= 15 is 0 Å². The number of anilines is 2. The van der Waals surface area contributed by atoms with E-state index in [1.54, 1.807) is 12.1 Å². The number of rotatable bonds is 4. The molecule has 0 saturated carbocycles. The van der Waals surface area contributed by atoms with Gasteiger partial charge in [0.2, 0.25) is 0 Å². The van der Waals surface area contributed by atoms with Gasteiger partial charge in [-0.05, 0) is 18.2 Å². The number of hydrogen-bond acceptors (Lipinski definition) is 6. The number of hydrogen-bond donors (Lipinski definition) is 2. The van der Waals surface area contributed by atoms with Crippen molar-refractivity contribution < 1.29 is 14.8 Å². The molecule has 2 N–H and O–H groups in total. The molecular formula is C12H11N3O4. The maximum absolute atomic E-state index is 10.5. The first-order valence-electron chi connectivity index (χ1n) is 5.34. The Bertz CT molecular complexity index is 598. The van der Waals surface area contributed by atoms with Crippen LogP contribution < -0.4 is 10.1 Å². The van der Waals surface area contributed by atoms with Crippen molar-refractivity contribution in [2.75, 3.05) is 12.4 Å². The molecule has 7 heteroatoms. The van der Waals surface area contributed by atoms with Crippen molar-refractivity contribution in [3.05, 3.63) is 46.6 Å². The van der Waals surface area contributed by atoms with Gasteiger partial charge < -0.3 is 15.2 Å². The van der Waals surface area contributed by atoms with E-state index in [-0.39, 0.29) is 11.4 Å². The monoisotopic (exact) mass is 261 g/mol. The molecule has 98 valence electrons. The van der Waals surface area contributed by atoms with Crippen molar-refractivity contribution in [3.63, 3.8) is 0 Å². The summed E-state index contributed by atoms with van der Waals surface area (Å²) >= 11 is 0. The number of methoxy groups -OCH3 is 1. The van der Waals surface area contributed by atoms with Crippen molar-refractivity contribution in [2.24, 2.45) is 0 Å². The molecule has 0 saturated heterocycles. The molecule has 0 amide bonds. The third-order valence-electron chi connectivity index (χ3n) is 2.41. The third-order valence-corrected chi connectivity index (χ3v) is 2.41. The van der Waals surface area contributed by atoms with E-state index in [0.717, 1.165) is 6.20 Å². The highest BCUT2D eigenvalue weighted by Crippen LogP contribution is 2.29. The fraction of sp³-hybridized carbons (Fsp3) is 0.0833.